The number of nitrogens with two attached hydrogens (primary N) is 1. The van der Waals surface area contributed by atoms with Gasteiger partial charge in [0.25, 0.3) is 5.92 Å². The molecule has 1 amide bonds. The number of nitrogen functional groups attached to an aromatic ring is 1. The first-order chi connectivity index (χ1) is 10.6. The van der Waals surface area contributed by atoms with Crippen molar-refractivity contribution in [3.8, 4) is 0 Å². The Hall–Kier alpha value is -2.19. The SMILES string of the molecule is CC(C)(C)OC(=O)NC1CCN(c2nccc(N)n2)CC1(F)F. The molecule has 2 rings (SSSR count). The maximum absolute atomic E-state index is 14.3. The highest BCUT2D eigenvalue weighted by Gasteiger charge is 2.46. The largest absolute Gasteiger partial charge is 0.444 e. The average Bonchev–Trinajstić information content (AvgIpc) is 2.38. The number of anilines is 2. The quantitative estimate of drug-likeness (QED) is 0.859. The van der Waals surface area contributed by atoms with E-state index in [1.54, 1.807) is 20.8 Å². The Kier molecular flexibility index (Phi) is 4.58. The van der Waals surface area contributed by atoms with Crippen molar-refractivity contribution in [3.05, 3.63) is 12.3 Å². The number of hydrogen-bond acceptors (Lipinski definition) is 6. The van der Waals surface area contributed by atoms with Gasteiger partial charge in [0.15, 0.2) is 0 Å². The van der Waals surface area contributed by atoms with Crippen LogP contribution >= 0.6 is 0 Å². The summed E-state index contributed by atoms with van der Waals surface area (Å²) >= 11 is 0. The van der Waals surface area contributed by atoms with Crippen LogP contribution in [0.5, 0.6) is 0 Å². The van der Waals surface area contributed by atoms with Gasteiger partial charge in [-0.1, -0.05) is 0 Å². The highest BCUT2D eigenvalue weighted by Crippen LogP contribution is 2.29. The van der Waals surface area contributed by atoms with E-state index in [0.717, 1.165) is 0 Å². The predicted molar refractivity (Wildman–Crippen MR) is 81.4 cm³/mol. The topological polar surface area (TPSA) is 93.4 Å². The van der Waals surface area contributed by atoms with Gasteiger partial charge in [0, 0.05) is 12.7 Å². The summed E-state index contributed by atoms with van der Waals surface area (Å²) < 4.78 is 33.6. The van der Waals surface area contributed by atoms with Crippen molar-refractivity contribution < 1.29 is 18.3 Å². The summed E-state index contributed by atoms with van der Waals surface area (Å²) in [5.74, 6) is -2.77. The van der Waals surface area contributed by atoms with Crippen molar-refractivity contribution in [2.24, 2.45) is 0 Å². The number of rotatable bonds is 2. The highest BCUT2D eigenvalue weighted by atomic mass is 19.3. The lowest BCUT2D eigenvalue weighted by Crippen LogP contribution is -2.59. The monoisotopic (exact) mass is 329 g/mol. The van der Waals surface area contributed by atoms with Crippen LogP contribution in [0.1, 0.15) is 27.2 Å². The molecule has 1 aliphatic rings. The van der Waals surface area contributed by atoms with Crippen LogP contribution in [0.25, 0.3) is 0 Å². The van der Waals surface area contributed by atoms with Gasteiger partial charge in [0.05, 0.1) is 12.6 Å². The molecule has 23 heavy (non-hydrogen) atoms. The van der Waals surface area contributed by atoms with Crippen LogP contribution in [0.2, 0.25) is 0 Å². The fraction of sp³-hybridized carbons (Fsp3) is 0.643. The van der Waals surface area contributed by atoms with Crippen molar-refractivity contribution in [1.29, 1.82) is 0 Å². The lowest BCUT2D eigenvalue weighted by atomic mass is 10.0. The van der Waals surface area contributed by atoms with Crippen LogP contribution in [-0.4, -0.2) is 46.7 Å². The molecule has 128 valence electrons. The zero-order valence-corrected chi connectivity index (χ0v) is 13.3. The van der Waals surface area contributed by atoms with E-state index in [4.69, 9.17) is 10.5 Å². The summed E-state index contributed by atoms with van der Waals surface area (Å²) in [6.45, 7) is 4.69. The third-order valence-corrected chi connectivity index (χ3v) is 3.24. The minimum atomic E-state index is -3.14. The Morgan fingerprint density at radius 1 is 1.52 bits per heavy atom. The molecule has 1 atom stereocenters. The first-order valence-electron chi connectivity index (χ1n) is 7.28. The van der Waals surface area contributed by atoms with Gasteiger partial charge < -0.3 is 20.7 Å². The number of hydrogen-bond donors (Lipinski definition) is 2. The van der Waals surface area contributed by atoms with Crippen molar-refractivity contribution in [1.82, 2.24) is 15.3 Å². The van der Waals surface area contributed by atoms with Gasteiger partial charge in [-0.15, -0.1) is 0 Å². The van der Waals surface area contributed by atoms with E-state index in [1.165, 1.54) is 17.2 Å². The summed E-state index contributed by atoms with van der Waals surface area (Å²) in [5.41, 5.74) is 4.81. The Labute approximate surface area is 133 Å². The highest BCUT2D eigenvalue weighted by molar-refractivity contribution is 5.68. The molecule has 0 aliphatic carbocycles. The molecular weight excluding hydrogens is 308 g/mol. The minimum absolute atomic E-state index is 0.0460. The summed E-state index contributed by atoms with van der Waals surface area (Å²) in [6.07, 6.45) is 0.612. The number of alkyl carbamates (subject to hydrolysis) is 1. The number of nitrogens with zero attached hydrogens (tertiary/aromatic N) is 3. The zero-order valence-electron chi connectivity index (χ0n) is 13.3. The molecule has 0 bridgehead atoms. The van der Waals surface area contributed by atoms with E-state index in [9.17, 15) is 13.6 Å². The van der Waals surface area contributed by atoms with E-state index >= 15 is 0 Å². The molecule has 0 radical (unpaired) electrons. The van der Waals surface area contributed by atoms with Gasteiger partial charge in [-0.05, 0) is 33.3 Å². The van der Waals surface area contributed by atoms with Gasteiger partial charge in [-0.2, -0.15) is 4.98 Å². The van der Waals surface area contributed by atoms with E-state index in [-0.39, 0.29) is 24.7 Å². The third-order valence-electron chi connectivity index (χ3n) is 3.24. The van der Waals surface area contributed by atoms with Gasteiger partial charge in [0.1, 0.15) is 11.4 Å². The number of carbonyl (C=O) groups excluding carboxylic acids is 1. The predicted octanol–water partition coefficient (Wildman–Crippen LogP) is 1.80. The van der Waals surface area contributed by atoms with Crippen molar-refractivity contribution in [2.75, 3.05) is 23.7 Å². The van der Waals surface area contributed by atoms with Crippen LogP contribution in [-0.2, 0) is 4.74 Å². The molecule has 1 unspecified atom stereocenters. The summed E-state index contributed by atoms with van der Waals surface area (Å²) in [5, 5.41) is 2.25. The zero-order chi connectivity index (χ0) is 17.3. The number of aromatic nitrogens is 2. The van der Waals surface area contributed by atoms with Crippen molar-refractivity contribution in [2.45, 2.75) is 44.8 Å². The van der Waals surface area contributed by atoms with E-state index in [1.807, 2.05) is 0 Å². The molecule has 9 heteroatoms. The molecule has 0 spiro atoms. The second-order valence-corrected chi connectivity index (χ2v) is 6.45. The number of amides is 1. The third kappa shape index (κ3) is 4.64. The average molecular weight is 329 g/mol. The van der Waals surface area contributed by atoms with Crippen LogP contribution in [0.4, 0.5) is 25.3 Å². The van der Waals surface area contributed by atoms with Crippen LogP contribution in [0.15, 0.2) is 12.3 Å². The molecule has 1 aliphatic heterocycles. The molecule has 0 aromatic carbocycles. The Bertz CT molecular complexity index is 577. The van der Waals surface area contributed by atoms with E-state index < -0.39 is 30.2 Å². The van der Waals surface area contributed by atoms with E-state index in [2.05, 4.69) is 15.3 Å². The molecule has 7 nitrogen and oxygen atoms in total. The maximum atomic E-state index is 14.3. The van der Waals surface area contributed by atoms with Gasteiger partial charge >= 0.3 is 6.09 Å². The molecule has 2 heterocycles. The Morgan fingerprint density at radius 2 is 2.22 bits per heavy atom. The smallest absolute Gasteiger partial charge is 0.408 e. The van der Waals surface area contributed by atoms with Gasteiger partial charge in [-0.25, -0.2) is 18.6 Å². The number of piperidine rings is 1. The fourth-order valence-electron chi connectivity index (χ4n) is 2.25. The number of nitrogens with one attached hydrogen (secondary N) is 1. The summed E-state index contributed by atoms with van der Waals surface area (Å²) in [7, 11) is 0. The van der Waals surface area contributed by atoms with Crippen molar-refractivity contribution >= 4 is 17.9 Å². The van der Waals surface area contributed by atoms with Gasteiger partial charge in [0.2, 0.25) is 5.95 Å². The second-order valence-electron chi connectivity index (χ2n) is 6.45. The fourth-order valence-corrected chi connectivity index (χ4v) is 2.25. The molecule has 1 aromatic rings. The molecular formula is C14H21F2N5O2. The Balaban J connectivity index is 2.01. The number of ether oxygens (including phenoxy) is 1. The first-order valence-corrected chi connectivity index (χ1v) is 7.28. The second kappa shape index (κ2) is 6.13. The van der Waals surface area contributed by atoms with Crippen LogP contribution < -0.4 is 16.0 Å². The molecule has 1 fully saturated rings. The first kappa shape index (κ1) is 17.2. The van der Waals surface area contributed by atoms with Crippen LogP contribution in [0, 0.1) is 0 Å². The molecule has 1 aromatic heterocycles. The Morgan fingerprint density at radius 3 is 2.78 bits per heavy atom. The molecule has 0 saturated carbocycles. The number of carbonyl (C=O) groups is 1. The van der Waals surface area contributed by atoms with E-state index in [0.29, 0.717) is 0 Å². The van der Waals surface area contributed by atoms with Crippen molar-refractivity contribution in [3.63, 3.8) is 0 Å². The number of alkyl halides is 2. The maximum Gasteiger partial charge on any atom is 0.408 e. The normalized spacial score (nSPS) is 20.9. The number of halogens is 2. The minimum Gasteiger partial charge on any atom is -0.444 e. The molecule has 3 N–H and O–H groups in total. The lowest BCUT2D eigenvalue weighted by molar-refractivity contribution is -0.0461. The summed E-state index contributed by atoms with van der Waals surface area (Å²) in [6, 6.07) is 0.188. The standard InChI is InChI=1S/C14H21F2N5O2/c1-13(2,3)23-12(22)19-9-5-7-21(8-14(9,15)16)11-18-6-4-10(17)20-11/h4,6,9H,5,7-8H2,1-3H3,(H,19,22)(H2,17,18,20). The summed E-state index contributed by atoms with van der Waals surface area (Å²) in [4.78, 5) is 20.9. The lowest BCUT2D eigenvalue weighted by Gasteiger charge is -2.38. The van der Waals surface area contributed by atoms with Gasteiger partial charge in [-0.3, -0.25) is 0 Å². The van der Waals surface area contributed by atoms with Crippen LogP contribution in [0.3, 0.4) is 0 Å². The molecule has 1 saturated heterocycles.